The van der Waals surface area contributed by atoms with Crippen LogP contribution in [0, 0.1) is 27.7 Å². The summed E-state index contributed by atoms with van der Waals surface area (Å²) in [5.41, 5.74) is 11.7. The molecular weight excluding hydrogens is 1070 g/mol. The van der Waals surface area contributed by atoms with E-state index in [1.54, 1.807) is 37.2 Å². The molecule has 12 nitrogen and oxygen atoms in total. The highest BCUT2D eigenvalue weighted by Gasteiger charge is 2.24. The van der Waals surface area contributed by atoms with E-state index in [1.807, 2.05) is 36.4 Å². The van der Waals surface area contributed by atoms with Crippen LogP contribution in [0.15, 0.2) is 122 Å². The van der Waals surface area contributed by atoms with Crippen LogP contribution in [0.4, 0.5) is 0 Å². The standard InChI is InChI=1S/C74H102N6O6/c1-58-53-69(85-49-27-21-15-9-6-12-18-24-30-72(82)79-56-63-38-44-76-45-39-63)60(3)51-67(58)74(65-32-34-66(35-33-65)84-48-26-20-14-8-5-11-17-23-29-71(81)78-55-62-36-42-75-43-37-62)68-52-61(4)70(54-59(68)2)86-50-28-22-16-10-7-13-19-25-31-73(83)80-57-64-40-46-77-47-41-64/h32-47,51-54,74H,5-31,48-50,55-57H2,1-4H3,(H,78,81)(H,79,82)(H,80,83). The van der Waals surface area contributed by atoms with Gasteiger partial charge in [-0.2, -0.15) is 0 Å². The highest BCUT2D eigenvalue weighted by Crippen LogP contribution is 2.40. The molecule has 0 saturated carbocycles. The Morgan fingerprint density at radius 3 is 0.965 bits per heavy atom. The first kappa shape index (κ1) is 68.0. The highest BCUT2D eigenvalue weighted by molar-refractivity contribution is 5.76. The fraction of sp³-hybridized carbons (Fsp3) is 0.514. The molecule has 0 bridgehead atoms. The van der Waals surface area contributed by atoms with Crippen LogP contribution < -0.4 is 30.2 Å². The van der Waals surface area contributed by atoms with Gasteiger partial charge in [-0.25, -0.2) is 0 Å². The maximum absolute atomic E-state index is 12.3. The van der Waals surface area contributed by atoms with Crippen LogP contribution in [0.3, 0.4) is 0 Å². The van der Waals surface area contributed by atoms with Crippen LogP contribution in [-0.4, -0.2) is 52.5 Å². The van der Waals surface area contributed by atoms with E-state index in [0.29, 0.717) is 58.7 Å². The first-order valence-corrected chi connectivity index (χ1v) is 32.8. The number of hydrogen-bond donors (Lipinski definition) is 3. The molecule has 3 aromatic heterocycles. The van der Waals surface area contributed by atoms with Gasteiger partial charge in [0.05, 0.1) is 19.8 Å². The SMILES string of the molecule is Cc1cc(C(c2ccc(OCCCCCCCCCCC(=O)NCc3ccncc3)cc2)c2cc(C)c(OCCCCCCCCCCC(=O)NCc3ccncc3)cc2C)c(C)cc1OCCCCCCCCCCC(=O)NCc1ccncc1. The zero-order valence-corrected chi connectivity index (χ0v) is 52.8. The largest absolute Gasteiger partial charge is 0.494 e. The number of rotatable bonds is 45. The zero-order chi connectivity index (χ0) is 60.7. The fourth-order valence-corrected chi connectivity index (χ4v) is 11.1. The highest BCUT2D eigenvalue weighted by atomic mass is 16.5. The topological polar surface area (TPSA) is 154 Å². The Morgan fingerprint density at radius 1 is 0.349 bits per heavy atom. The number of nitrogens with zero attached hydrogens (tertiary/aromatic N) is 3. The molecule has 0 fully saturated rings. The van der Waals surface area contributed by atoms with E-state index in [9.17, 15) is 14.4 Å². The van der Waals surface area contributed by atoms with Gasteiger partial charge in [0.25, 0.3) is 0 Å². The average molecular weight is 1170 g/mol. The third-order valence-electron chi connectivity index (χ3n) is 16.4. The third kappa shape index (κ3) is 27.1. The number of amides is 3. The van der Waals surface area contributed by atoms with Gasteiger partial charge >= 0.3 is 0 Å². The molecule has 0 radical (unpaired) electrons. The lowest BCUT2D eigenvalue weighted by molar-refractivity contribution is -0.122. The number of ether oxygens (including phenoxy) is 3. The maximum Gasteiger partial charge on any atom is 0.220 e. The van der Waals surface area contributed by atoms with Crippen LogP contribution >= 0.6 is 0 Å². The van der Waals surface area contributed by atoms with Gasteiger partial charge in [-0.05, 0) is 183 Å². The van der Waals surface area contributed by atoms with Crippen molar-refractivity contribution in [1.29, 1.82) is 0 Å². The maximum atomic E-state index is 12.3. The first-order valence-electron chi connectivity index (χ1n) is 32.8. The van der Waals surface area contributed by atoms with Gasteiger partial charge in [-0.1, -0.05) is 140 Å². The second kappa shape index (κ2) is 41.1. The van der Waals surface area contributed by atoms with Crippen molar-refractivity contribution >= 4 is 17.7 Å². The molecule has 3 heterocycles. The monoisotopic (exact) mass is 1170 g/mol. The number of pyridine rings is 3. The predicted molar refractivity (Wildman–Crippen MR) is 349 cm³/mol. The molecule has 0 atom stereocenters. The van der Waals surface area contributed by atoms with Gasteiger partial charge in [0.1, 0.15) is 17.2 Å². The summed E-state index contributed by atoms with van der Waals surface area (Å²) in [5.74, 6) is 3.19. The van der Waals surface area contributed by atoms with Crippen LogP contribution in [0.2, 0.25) is 0 Å². The zero-order valence-electron chi connectivity index (χ0n) is 52.8. The number of aromatic nitrogens is 3. The van der Waals surface area contributed by atoms with E-state index in [2.05, 4.69) is 107 Å². The molecule has 464 valence electrons. The Balaban J connectivity index is 0.928. The second-order valence-corrected chi connectivity index (χ2v) is 23.6. The molecule has 0 aliphatic rings. The van der Waals surface area contributed by atoms with Crippen LogP contribution in [0.5, 0.6) is 17.2 Å². The number of nitrogens with one attached hydrogen (secondary N) is 3. The Kier molecular flexibility index (Phi) is 32.5. The number of hydrogen-bond acceptors (Lipinski definition) is 9. The first-order chi connectivity index (χ1) is 42.1. The molecule has 6 rings (SSSR count). The molecule has 3 amide bonds. The minimum Gasteiger partial charge on any atom is -0.494 e. The summed E-state index contributed by atoms with van der Waals surface area (Å²) in [7, 11) is 0. The van der Waals surface area contributed by atoms with Gasteiger partial charge in [-0.15, -0.1) is 0 Å². The third-order valence-corrected chi connectivity index (χ3v) is 16.4. The van der Waals surface area contributed by atoms with E-state index < -0.39 is 0 Å². The van der Waals surface area contributed by atoms with Crippen LogP contribution in [-0.2, 0) is 34.0 Å². The Hall–Kier alpha value is -7.08. The Morgan fingerprint density at radius 2 is 0.640 bits per heavy atom. The van der Waals surface area contributed by atoms with Crippen molar-refractivity contribution in [1.82, 2.24) is 30.9 Å². The van der Waals surface area contributed by atoms with Gasteiger partial charge in [0.15, 0.2) is 0 Å². The van der Waals surface area contributed by atoms with Crippen molar-refractivity contribution in [2.45, 2.75) is 227 Å². The molecule has 0 unspecified atom stereocenters. The molecule has 0 spiro atoms. The lowest BCUT2D eigenvalue weighted by Crippen LogP contribution is -2.22. The van der Waals surface area contributed by atoms with E-state index in [4.69, 9.17) is 14.2 Å². The molecule has 6 aromatic rings. The molecular formula is C74H102N6O6. The van der Waals surface area contributed by atoms with Crippen molar-refractivity contribution < 1.29 is 28.6 Å². The van der Waals surface area contributed by atoms with Crippen LogP contribution in [0.1, 0.15) is 235 Å². The van der Waals surface area contributed by atoms with Crippen molar-refractivity contribution in [2.24, 2.45) is 0 Å². The Bertz CT molecular complexity index is 2700. The molecule has 12 heteroatoms. The molecule has 3 aromatic carbocycles. The number of unbranched alkanes of at least 4 members (excludes halogenated alkanes) is 21. The number of carbonyl (C=O) groups is 3. The summed E-state index contributed by atoms with van der Waals surface area (Å²) in [6, 6.07) is 29.6. The molecule has 0 saturated heterocycles. The van der Waals surface area contributed by atoms with Crippen molar-refractivity contribution in [3.05, 3.63) is 178 Å². The molecule has 86 heavy (non-hydrogen) atoms. The minimum absolute atomic E-state index is 0.00353. The lowest BCUT2D eigenvalue weighted by Gasteiger charge is -2.25. The summed E-state index contributed by atoms with van der Waals surface area (Å²) in [5, 5.41) is 9.05. The predicted octanol–water partition coefficient (Wildman–Crippen LogP) is 16.9. The molecule has 0 aliphatic carbocycles. The van der Waals surface area contributed by atoms with E-state index in [-0.39, 0.29) is 23.6 Å². The quantitative estimate of drug-likeness (QED) is 0.0250. The van der Waals surface area contributed by atoms with E-state index in [0.717, 1.165) is 122 Å². The van der Waals surface area contributed by atoms with Gasteiger partial charge in [0.2, 0.25) is 17.7 Å². The second-order valence-electron chi connectivity index (χ2n) is 23.6. The summed E-state index contributed by atoms with van der Waals surface area (Å²) in [4.78, 5) is 48.9. The van der Waals surface area contributed by atoms with Gasteiger partial charge in [-0.3, -0.25) is 29.3 Å². The summed E-state index contributed by atoms with van der Waals surface area (Å²) in [6.07, 6.45) is 39.2. The van der Waals surface area contributed by atoms with Crippen molar-refractivity contribution in [2.75, 3.05) is 19.8 Å². The normalized spacial score (nSPS) is 11.2. The molecule has 0 aliphatic heterocycles. The average Bonchev–Trinajstić information content (AvgIpc) is 3.63. The van der Waals surface area contributed by atoms with Gasteiger partial charge < -0.3 is 30.2 Å². The van der Waals surface area contributed by atoms with E-state index in [1.165, 1.54) is 105 Å². The number of carbonyl (C=O) groups excluding carboxylic acids is 3. The summed E-state index contributed by atoms with van der Waals surface area (Å²) >= 11 is 0. The van der Waals surface area contributed by atoms with Crippen molar-refractivity contribution in [3.8, 4) is 17.2 Å². The minimum atomic E-state index is 0.00353. The number of aryl methyl sites for hydroxylation is 4. The Labute approximate surface area is 516 Å². The van der Waals surface area contributed by atoms with E-state index >= 15 is 0 Å². The van der Waals surface area contributed by atoms with Crippen molar-refractivity contribution in [3.63, 3.8) is 0 Å². The summed E-state index contributed by atoms with van der Waals surface area (Å²) < 4.78 is 19.3. The van der Waals surface area contributed by atoms with Gasteiger partial charge in [0, 0.05) is 82.0 Å². The summed E-state index contributed by atoms with van der Waals surface area (Å²) in [6.45, 7) is 12.6. The number of benzene rings is 3. The molecule has 3 N–H and O–H groups in total. The fourth-order valence-electron chi connectivity index (χ4n) is 11.1. The smallest absolute Gasteiger partial charge is 0.220 e. The van der Waals surface area contributed by atoms with Crippen LogP contribution in [0.25, 0.3) is 0 Å². The lowest BCUT2D eigenvalue weighted by atomic mass is 9.80.